The molecule has 0 fully saturated rings. The van der Waals surface area contributed by atoms with Gasteiger partial charge in [0.1, 0.15) is 17.0 Å². The van der Waals surface area contributed by atoms with Crippen LogP contribution in [0.1, 0.15) is 16.2 Å². The Balaban J connectivity index is 1.46. The zero-order chi connectivity index (χ0) is 22.9. The summed E-state index contributed by atoms with van der Waals surface area (Å²) in [6.45, 7) is 1.76. The maximum absolute atomic E-state index is 13.2. The molecule has 1 amide bonds. The quantitative estimate of drug-likeness (QED) is 0.453. The van der Waals surface area contributed by atoms with Crippen LogP contribution in [-0.2, 0) is 0 Å². The van der Waals surface area contributed by atoms with Crippen LogP contribution < -0.4 is 10.9 Å². The molecule has 8 heteroatoms. The van der Waals surface area contributed by atoms with E-state index in [0.717, 1.165) is 5.69 Å². The van der Waals surface area contributed by atoms with Crippen molar-refractivity contribution in [1.29, 1.82) is 0 Å². The number of aromatic nitrogens is 4. The van der Waals surface area contributed by atoms with E-state index in [1.165, 1.54) is 35.0 Å². The largest absolute Gasteiger partial charge is 0.322 e. The lowest BCUT2D eigenvalue weighted by molar-refractivity contribution is 0.102. The summed E-state index contributed by atoms with van der Waals surface area (Å²) in [6.07, 6.45) is 1.52. The fraction of sp³-hybridized carbons (Fsp3) is 0.0400. The molecule has 0 spiro atoms. The molecule has 0 saturated heterocycles. The molecule has 0 unspecified atom stereocenters. The van der Waals surface area contributed by atoms with Crippen LogP contribution in [0.3, 0.4) is 0 Å². The standard InChI is InChI=1S/C25H18FN5O2/c1-16-28-23-22(15-27-31(23)21-5-3-2-4-6-21)25(33)30(16)20-13-11-19(12-14-20)29-24(32)17-7-9-18(26)10-8-17/h2-15H,1H3,(H,29,32). The van der Waals surface area contributed by atoms with Gasteiger partial charge in [-0.3, -0.25) is 14.2 Å². The van der Waals surface area contributed by atoms with Gasteiger partial charge in [0.15, 0.2) is 5.65 Å². The fourth-order valence-electron chi connectivity index (χ4n) is 3.63. The molecule has 1 N–H and O–H groups in total. The number of hydrogen-bond donors (Lipinski definition) is 1. The van der Waals surface area contributed by atoms with Gasteiger partial charge < -0.3 is 5.32 Å². The Morgan fingerprint density at radius 2 is 1.61 bits per heavy atom. The Bertz CT molecular complexity index is 1520. The van der Waals surface area contributed by atoms with Crippen molar-refractivity contribution in [2.45, 2.75) is 6.92 Å². The zero-order valence-corrected chi connectivity index (χ0v) is 17.6. The number of hydrogen-bond acceptors (Lipinski definition) is 4. The van der Waals surface area contributed by atoms with Crippen molar-refractivity contribution in [2.24, 2.45) is 0 Å². The zero-order valence-electron chi connectivity index (χ0n) is 17.6. The van der Waals surface area contributed by atoms with Gasteiger partial charge in [-0.2, -0.15) is 5.10 Å². The maximum atomic E-state index is 13.2. The van der Waals surface area contributed by atoms with Crippen LogP contribution in [0.5, 0.6) is 0 Å². The molecule has 0 bridgehead atoms. The van der Waals surface area contributed by atoms with Gasteiger partial charge in [0.2, 0.25) is 0 Å². The highest BCUT2D eigenvalue weighted by molar-refractivity contribution is 6.04. The summed E-state index contributed by atoms with van der Waals surface area (Å²) in [4.78, 5) is 30.2. The molecule has 2 heterocycles. The maximum Gasteiger partial charge on any atom is 0.269 e. The first kappa shape index (κ1) is 20.3. The van der Waals surface area contributed by atoms with Crippen molar-refractivity contribution in [3.05, 3.63) is 113 Å². The Morgan fingerprint density at radius 3 is 2.30 bits per heavy atom. The van der Waals surface area contributed by atoms with E-state index < -0.39 is 5.82 Å². The normalized spacial score (nSPS) is 11.0. The molecular formula is C25H18FN5O2. The third kappa shape index (κ3) is 3.78. The number of carbonyl (C=O) groups is 1. The molecule has 33 heavy (non-hydrogen) atoms. The number of rotatable bonds is 4. The number of aryl methyl sites for hydroxylation is 1. The average molecular weight is 439 g/mol. The highest BCUT2D eigenvalue weighted by Crippen LogP contribution is 2.18. The van der Waals surface area contributed by atoms with Crippen LogP contribution in [0.2, 0.25) is 0 Å². The first-order chi connectivity index (χ1) is 16.0. The summed E-state index contributed by atoms with van der Waals surface area (Å²) in [5.41, 5.74) is 2.57. The van der Waals surface area contributed by atoms with E-state index in [0.29, 0.717) is 33.8 Å². The summed E-state index contributed by atoms with van der Waals surface area (Å²) >= 11 is 0. The molecular weight excluding hydrogens is 421 g/mol. The van der Waals surface area contributed by atoms with Crippen LogP contribution >= 0.6 is 0 Å². The summed E-state index contributed by atoms with van der Waals surface area (Å²) in [6, 6.07) is 21.6. The highest BCUT2D eigenvalue weighted by atomic mass is 19.1. The predicted molar refractivity (Wildman–Crippen MR) is 124 cm³/mol. The second-order valence-corrected chi connectivity index (χ2v) is 7.44. The molecule has 7 nitrogen and oxygen atoms in total. The molecule has 3 aromatic carbocycles. The molecule has 0 radical (unpaired) electrons. The molecule has 0 aliphatic heterocycles. The molecule has 5 rings (SSSR count). The molecule has 5 aromatic rings. The van der Waals surface area contributed by atoms with E-state index in [1.54, 1.807) is 35.9 Å². The van der Waals surface area contributed by atoms with Crippen molar-refractivity contribution in [3.63, 3.8) is 0 Å². The molecule has 0 saturated carbocycles. The number of nitrogens with zero attached hydrogens (tertiary/aromatic N) is 4. The van der Waals surface area contributed by atoms with Crippen molar-refractivity contribution >= 4 is 22.6 Å². The second kappa shape index (κ2) is 8.16. The molecule has 0 aliphatic carbocycles. The highest BCUT2D eigenvalue weighted by Gasteiger charge is 2.15. The number of halogens is 1. The number of fused-ring (bicyclic) bond motifs is 1. The van der Waals surface area contributed by atoms with Crippen LogP contribution in [0.25, 0.3) is 22.4 Å². The van der Waals surface area contributed by atoms with Gasteiger partial charge >= 0.3 is 0 Å². The third-order valence-corrected chi connectivity index (χ3v) is 5.26. The number of nitrogens with one attached hydrogen (secondary N) is 1. The van der Waals surface area contributed by atoms with E-state index in [9.17, 15) is 14.0 Å². The van der Waals surface area contributed by atoms with Gasteiger partial charge in [-0.15, -0.1) is 0 Å². The Kier molecular flexibility index (Phi) is 5.02. The summed E-state index contributed by atoms with van der Waals surface area (Å²) < 4.78 is 16.2. The Hall–Kier alpha value is -4.59. The van der Waals surface area contributed by atoms with Crippen molar-refractivity contribution in [3.8, 4) is 11.4 Å². The molecule has 0 atom stereocenters. The Morgan fingerprint density at radius 1 is 0.909 bits per heavy atom. The van der Waals surface area contributed by atoms with Gasteiger partial charge in [-0.1, -0.05) is 18.2 Å². The topological polar surface area (TPSA) is 81.8 Å². The molecule has 162 valence electrons. The first-order valence-electron chi connectivity index (χ1n) is 10.2. The van der Waals surface area contributed by atoms with E-state index in [4.69, 9.17) is 0 Å². The smallest absolute Gasteiger partial charge is 0.269 e. The lowest BCUT2D eigenvalue weighted by atomic mass is 10.2. The predicted octanol–water partition coefficient (Wildman–Crippen LogP) is 4.27. The van der Waals surface area contributed by atoms with Crippen molar-refractivity contribution < 1.29 is 9.18 Å². The van der Waals surface area contributed by atoms with E-state index in [1.807, 2.05) is 30.3 Å². The number of benzene rings is 3. The number of amides is 1. The number of carbonyl (C=O) groups excluding carboxylic acids is 1. The minimum absolute atomic E-state index is 0.234. The fourth-order valence-corrected chi connectivity index (χ4v) is 3.63. The van der Waals surface area contributed by atoms with Crippen LogP contribution in [-0.4, -0.2) is 25.2 Å². The van der Waals surface area contributed by atoms with Crippen LogP contribution in [0, 0.1) is 12.7 Å². The first-order valence-corrected chi connectivity index (χ1v) is 10.2. The van der Waals surface area contributed by atoms with Gasteiger partial charge in [0, 0.05) is 11.3 Å². The summed E-state index contributed by atoms with van der Waals surface area (Å²) in [5.74, 6) is -0.252. The Labute approximate surface area is 187 Å². The monoisotopic (exact) mass is 439 g/mol. The second-order valence-electron chi connectivity index (χ2n) is 7.44. The minimum Gasteiger partial charge on any atom is -0.322 e. The van der Waals surface area contributed by atoms with Gasteiger partial charge in [-0.05, 0) is 67.6 Å². The number of anilines is 1. The minimum atomic E-state index is -0.406. The van der Waals surface area contributed by atoms with Crippen LogP contribution in [0.15, 0.2) is 89.9 Å². The lowest BCUT2D eigenvalue weighted by Gasteiger charge is -2.11. The van der Waals surface area contributed by atoms with Crippen molar-refractivity contribution in [1.82, 2.24) is 19.3 Å². The third-order valence-electron chi connectivity index (χ3n) is 5.26. The van der Waals surface area contributed by atoms with Crippen molar-refractivity contribution in [2.75, 3.05) is 5.32 Å². The average Bonchev–Trinajstić information content (AvgIpc) is 3.25. The summed E-state index contributed by atoms with van der Waals surface area (Å²) in [7, 11) is 0. The van der Waals surface area contributed by atoms with Gasteiger partial charge in [0.25, 0.3) is 11.5 Å². The molecule has 2 aromatic heterocycles. The van der Waals surface area contributed by atoms with Crippen LogP contribution in [0.4, 0.5) is 10.1 Å². The van der Waals surface area contributed by atoms with E-state index in [-0.39, 0.29) is 11.5 Å². The lowest BCUT2D eigenvalue weighted by Crippen LogP contribution is -2.22. The van der Waals surface area contributed by atoms with E-state index >= 15 is 0 Å². The van der Waals surface area contributed by atoms with Gasteiger partial charge in [0.05, 0.1) is 17.6 Å². The molecule has 0 aliphatic rings. The van der Waals surface area contributed by atoms with Gasteiger partial charge in [-0.25, -0.2) is 14.1 Å². The van der Waals surface area contributed by atoms with E-state index in [2.05, 4.69) is 15.4 Å². The SMILES string of the molecule is Cc1nc2c(cnn2-c2ccccc2)c(=O)n1-c1ccc(NC(=O)c2ccc(F)cc2)cc1. The number of para-hydroxylation sites is 1. The summed E-state index contributed by atoms with van der Waals surface area (Å²) in [5, 5.41) is 7.51.